The van der Waals surface area contributed by atoms with Gasteiger partial charge in [-0.1, -0.05) is 25.5 Å². The largest absolute Gasteiger partial charge is 0.507 e. The first kappa shape index (κ1) is 13.8. The molecule has 17 heavy (non-hydrogen) atoms. The number of aromatic hydroxyl groups is 1. The van der Waals surface area contributed by atoms with Gasteiger partial charge in [-0.15, -0.1) is 11.6 Å². The van der Waals surface area contributed by atoms with Crippen LogP contribution in [-0.4, -0.2) is 23.4 Å². The van der Waals surface area contributed by atoms with Crippen molar-refractivity contribution < 1.29 is 9.90 Å². The minimum absolute atomic E-state index is 0.00298. The number of phenolic OH excluding ortho intramolecular Hbond substituents is 1. The molecule has 1 amide bonds. The molecule has 0 aliphatic heterocycles. The number of benzene rings is 1. The van der Waals surface area contributed by atoms with Gasteiger partial charge in [0.05, 0.1) is 5.56 Å². The van der Waals surface area contributed by atoms with Crippen LogP contribution in [0.5, 0.6) is 5.75 Å². The maximum Gasteiger partial charge on any atom is 0.255 e. The van der Waals surface area contributed by atoms with E-state index in [-0.39, 0.29) is 17.1 Å². The molecule has 0 aliphatic carbocycles. The molecule has 1 aromatic carbocycles. The van der Waals surface area contributed by atoms with E-state index in [1.165, 1.54) is 6.07 Å². The fraction of sp³-hybridized carbons (Fsp3) is 0.462. The van der Waals surface area contributed by atoms with Crippen molar-refractivity contribution >= 4 is 17.5 Å². The van der Waals surface area contributed by atoms with Gasteiger partial charge in [0.25, 0.3) is 5.91 Å². The summed E-state index contributed by atoms with van der Waals surface area (Å²) in [4.78, 5) is 11.9. The van der Waals surface area contributed by atoms with Gasteiger partial charge in [0.15, 0.2) is 0 Å². The Morgan fingerprint density at radius 3 is 2.71 bits per heavy atom. The molecule has 4 heteroatoms. The van der Waals surface area contributed by atoms with Crippen LogP contribution in [0.1, 0.15) is 29.8 Å². The molecule has 0 spiro atoms. The van der Waals surface area contributed by atoms with Gasteiger partial charge in [-0.05, 0) is 24.5 Å². The molecule has 0 saturated heterocycles. The standard InChI is InChI=1S/C13H18ClNO2/c1-9-4-5-11(16)10(6-9)12(17)15-8-13(2,3)7-14/h4-6,16H,7-8H2,1-3H3,(H,15,17). The Labute approximate surface area is 107 Å². The molecule has 0 radical (unpaired) electrons. The van der Waals surface area contributed by atoms with E-state index in [4.69, 9.17) is 11.6 Å². The number of amides is 1. The average molecular weight is 256 g/mol. The van der Waals surface area contributed by atoms with Crippen molar-refractivity contribution in [3.05, 3.63) is 29.3 Å². The SMILES string of the molecule is Cc1ccc(O)c(C(=O)NCC(C)(C)CCl)c1. The monoisotopic (exact) mass is 255 g/mol. The van der Waals surface area contributed by atoms with Crippen molar-refractivity contribution in [1.82, 2.24) is 5.32 Å². The third-order valence-electron chi connectivity index (χ3n) is 2.49. The van der Waals surface area contributed by atoms with Crippen LogP contribution in [0.15, 0.2) is 18.2 Å². The van der Waals surface area contributed by atoms with E-state index in [1.54, 1.807) is 12.1 Å². The smallest absolute Gasteiger partial charge is 0.255 e. The molecular weight excluding hydrogens is 238 g/mol. The Kier molecular flexibility index (Phi) is 4.40. The summed E-state index contributed by atoms with van der Waals surface area (Å²) < 4.78 is 0. The fourth-order valence-electron chi connectivity index (χ4n) is 1.29. The molecule has 0 aliphatic rings. The van der Waals surface area contributed by atoms with Crippen molar-refractivity contribution in [2.45, 2.75) is 20.8 Å². The second kappa shape index (κ2) is 5.41. The minimum Gasteiger partial charge on any atom is -0.507 e. The van der Waals surface area contributed by atoms with E-state index < -0.39 is 0 Å². The van der Waals surface area contributed by atoms with Crippen LogP contribution >= 0.6 is 11.6 Å². The summed E-state index contributed by atoms with van der Waals surface area (Å²) in [5.74, 6) is 0.189. The predicted molar refractivity (Wildman–Crippen MR) is 69.7 cm³/mol. The van der Waals surface area contributed by atoms with Crippen LogP contribution in [0, 0.1) is 12.3 Å². The van der Waals surface area contributed by atoms with Crippen LogP contribution in [0.4, 0.5) is 0 Å². The van der Waals surface area contributed by atoms with Crippen LogP contribution < -0.4 is 5.32 Å². The summed E-state index contributed by atoms with van der Waals surface area (Å²) in [7, 11) is 0. The summed E-state index contributed by atoms with van der Waals surface area (Å²) in [5, 5.41) is 12.4. The van der Waals surface area contributed by atoms with Gasteiger partial charge in [0.1, 0.15) is 5.75 Å². The Morgan fingerprint density at radius 1 is 1.47 bits per heavy atom. The summed E-state index contributed by atoms with van der Waals surface area (Å²) in [6.45, 7) is 6.29. The van der Waals surface area contributed by atoms with E-state index in [9.17, 15) is 9.90 Å². The lowest BCUT2D eigenvalue weighted by atomic mass is 9.96. The van der Waals surface area contributed by atoms with Crippen molar-refractivity contribution in [1.29, 1.82) is 0 Å². The molecule has 0 bridgehead atoms. The van der Waals surface area contributed by atoms with Gasteiger partial charge < -0.3 is 10.4 Å². The molecule has 0 fully saturated rings. The maximum absolute atomic E-state index is 11.9. The lowest BCUT2D eigenvalue weighted by Gasteiger charge is -2.21. The quantitative estimate of drug-likeness (QED) is 0.813. The second-order valence-corrected chi connectivity index (χ2v) is 5.27. The Bertz CT molecular complexity index is 416. The number of nitrogens with one attached hydrogen (secondary N) is 1. The predicted octanol–water partition coefficient (Wildman–Crippen LogP) is 2.70. The number of hydrogen-bond donors (Lipinski definition) is 2. The van der Waals surface area contributed by atoms with E-state index in [0.717, 1.165) is 5.56 Å². The number of aryl methyl sites for hydroxylation is 1. The molecule has 1 aromatic rings. The van der Waals surface area contributed by atoms with Crippen molar-refractivity contribution in [2.24, 2.45) is 5.41 Å². The molecule has 94 valence electrons. The van der Waals surface area contributed by atoms with Crippen LogP contribution in [0.25, 0.3) is 0 Å². The highest BCUT2D eigenvalue weighted by Gasteiger charge is 2.19. The third kappa shape index (κ3) is 3.93. The maximum atomic E-state index is 11.9. The van der Waals surface area contributed by atoms with Gasteiger partial charge in [-0.3, -0.25) is 4.79 Å². The zero-order valence-electron chi connectivity index (χ0n) is 10.4. The molecule has 2 N–H and O–H groups in total. The Balaban J connectivity index is 2.74. The zero-order chi connectivity index (χ0) is 13.1. The normalized spacial score (nSPS) is 11.3. The molecule has 0 unspecified atom stereocenters. The molecule has 0 atom stereocenters. The van der Waals surface area contributed by atoms with E-state index in [0.29, 0.717) is 18.0 Å². The van der Waals surface area contributed by atoms with Crippen molar-refractivity contribution in [3.63, 3.8) is 0 Å². The van der Waals surface area contributed by atoms with Crippen LogP contribution in [0.2, 0.25) is 0 Å². The van der Waals surface area contributed by atoms with E-state index in [2.05, 4.69) is 5.32 Å². The number of carbonyl (C=O) groups excluding carboxylic acids is 1. The Morgan fingerprint density at radius 2 is 2.12 bits per heavy atom. The molecule has 0 heterocycles. The third-order valence-corrected chi connectivity index (χ3v) is 3.21. The fourth-order valence-corrected chi connectivity index (χ4v) is 1.39. The second-order valence-electron chi connectivity index (χ2n) is 5.00. The molecule has 0 saturated carbocycles. The highest BCUT2D eigenvalue weighted by Crippen LogP contribution is 2.19. The number of halogens is 1. The summed E-state index contributed by atoms with van der Waals surface area (Å²) in [6.07, 6.45) is 0. The van der Waals surface area contributed by atoms with Crippen LogP contribution in [-0.2, 0) is 0 Å². The first-order valence-electron chi connectivity index (χ1n) is 5.49. The van der Waals surface area contributed by atoms with Gasteiger partial charge in [0, 0.05) is 12.4 Å². The zero-order valence-corrected chi connectivity index (χ0v) is 11.1. The molecule has 1 rings (SSSR count). The highest BCUT2D eigenvalue weighted by atomic mass is 35.5. The van der Waals surface area contributed by atoms with Crippen molar-refractivity contribution in [2.75, 3.05) is 12.4 Å². The topological polar surface area (TPSA) is 49.3 Å². The number of carbonyl (C=O) groups is 1. The number of alkyl halides is 1. The van der Waals surface area contributed by atoms with Crippen LogP contribution in [0.3, 0.4) is 0 Å². The summed E-state index contributed by atoms with van der Waals surface area (Å²) >= 11 is 5.78. The number of rotatable bonds is 4. The molecule has 0 aromatic heterocycles. The minimum atomic E-state index is -0.274. The first-order chi connectivity index (χ1) is 7.85. The number of phenols is 1. The number of hydrogen-bond acceptors (Lipinski definition) is 2. The van der Waals surface area contributed by atoms with Gasteiger partial charge in [-0.25, -0.2) is 0 Å². The van der Waals surface area contributed by atoms with E-state index >= 15 is 0 Å². The molecule has 3 nitrogen and oxygen atoms in total. The lowest BCUT2D eigenvalue weighted by Crippen LogP contribution is -2.35. The molecular formula is C13H18ClNO2. The van der Waals surface area contributed by atoms with E-state index in [1.807, 2.05) is 20.8 Å². The Hall–Kier alpha value is -1.22. The first-order valence-corrected chi connectivity index (χ1v) is 6.03. The van der Waals surface area contributed by atoms with Crippen molar-refractivity contribution in [3.8, 4) is 5.75 Å². The van der Waals surface area contributed by atoms with Gasteiger partial charge in [-0.2, -0.15) is 0 Å². The summed E-state index contributed by atoms with van der Waals surface area (Å²) in [5.41, 5.74) is 1.08. The summed E-state index contributed by atoms with van der Waals surface area (Å²) in [6, 6.07) is 4.95. The van der Waals surface area contributed by atoms with Gasteiger partial charge >= 0.3 is 0 Å². The lowest BCUT2D eigenvalue weighted by molar-refractivity contribution is 0.0937. The average Bonchev–Trinajstić information content (AvgIpc) is 2.29. The highest BCUT2D eigenvalue weighted by molar-refractivity contribution is 6.18. The van der Waals surface area contributed by atoms with Gasteiger partial charge in [0.2, 0.25) is 0 Å².